The molecule has 3 N–H and O–H groups in total. The fourth-order valence-electron chi connectivity index (χ4n) is 4.70. The smallest absolute Gasteiger partial charge is 0.407 e. The van der Waals surface area contributed by atoms with Crippen molar-refractivity contribution in [1.82, 2.24) is 20.9 Å². The highest BCUT2D eigenvalue weighted by Gasteiger charge is 2.35. The van der Waals surface area contributed by atoms with Gasteiger partial charge in [0, 0.05) is 20.8 Å². The molecule has 0 aromatic heterocycles. The molecule has 0 aliphatic rings. The Kier molecular flexibility index (Phi) is 15.6. The number of rotatable bonds is 17. The lowest BCUT2D eigenvalue weighted by Crippen LogP contribution is -2.58. The fourth-order valence-corrected chi connectivity index (χ4v) is 4.70. The summed E-state index contributed by atoms with van der Waals surface area (Å²) in [6.07, 6.45) is -1.27. The van der Waals surface area contributed by atoms with Crippen molar-refractivity contribution in [2.24, 2.45) is 5.41 Å². The van der Waals surface area contributed by atoms with E-state index < -0.39 is 66.0 Å². The zero-order valence-electron chi connectivity index (χ0n) is 27.6. The standard InChI is InChI=1S/C33H47FN4O8/c1-22(31(43-5)44-6)38(17-16-23-14-11-15-25(34)18-23)30(41)26(21-46-20-24-12-9-8-10-13-24)36-27(39)19-35-29(40)28(33(2,3)4)37-32(42)45-7/h8-15,18,22,26,28,31H,16-17,19-21H2,1-7H3,(H,35,40)(H,36,39)(H,37,42)/t22-,26-,28+/m0/s1. The Morgan fingerprint density at radius 3 is 2.15 bits per heavy atom. The lowest BCUT2D eigenvalue weighted by molar-refractivity contribution is -0.163. The van der Waals surface area contributed by atoms with E-state index in [0.717, 1.165) is 5.56 Å². The molecule has 13 heteroatoms. The monoisotopic (exact) mass is 646 g/mol. The van der Waals surface area contributed by atoms with Gasteiger partial charge in [0.1, 0.15) is 17.9 Å². The number of ether oxygens (including phenoxy) is 4. The SMILES string of the molecule is COC(=O)N[C@H](C(=O)NCC(=O)N[C@@H](COCc1ccccc1)C(=O)N(CCc1cccc(F)c1)[C@@H](C)C(OC)OC)C(C)(C)C. The van der Waals surface area contributed by atoms with Crippen LogP contribution in [0.1, 0.15) is 38.8 Å². The second kappa shape index (κ2) is 18.8. The van der Waals surface area contributed by atoms with Gasteiger partial charge >= 0.3 is 6.09 Å². The number of amides is 4. The zero-order chi connectivity index (χ0) is 34.3. The first kappa shape index (κ1) is 38.1. The van der Waals surface area contributed by atoms with Gasteiger partial charge in [0.2, 0.25) is 17.7 Å². The van der Waals surface area contributed by atoms with Crippen LogP contribution in [-0.4, -0.2) is 94.2 Å². The number of nitrogens with zero attached hydrogens (tertiary/aromatic N) is 1. The summed E-state index contributed by atoms with van der Waals surface area (Å²) in [7, 11) is 4.08. The van der Waals surface area contributed by atoms with Crippen molar-refractivity contribution in [2.75, 3.05) is 41.0 Å². The molecule has 0 heterocycles. The number of hydrogen-bond donors (Lipinski definition) is 3. The van der Waals surface area contributed by atoms with Crippen LogP contribution in [0, 0.1) is 11.2 Å². The zero-order valence-corrected chi connectivity index (χ0v) is 27.6. The van der Waals surface area contributed by atoms with E-state index in [-0.39, 0.29) is 19.8 Å². The molecule has 0 radical (unpaired) electrons. The summed E-state index contributed by atoms with van der Waals surface area (Å²) in [5.41, 5.74) is 0.846. The van der Waals surface area contributed by atoms with Crippen molar-refractivity contribution in [3.8, 4) is 0 Å². The van der Waals surface area contributed by atoms with Crippen LogP contribution in [0.3, 0.4) is 0 Å². The first-order chi connectivity index (χ1) is 21.8. The van der Waals surface area contributed by atoms with E-state index in [4.69, 9.17) is 14.2 Å². The van der Waals surface area contributed by atoms with Gasteiger partial charge < -0.3 is 39.8 Å². The van der Waals surface area contributed by atoms with Crippen LogP contribution in [-0.2, 0) is 46.4 Å². The molecule has 254 valence electrons. The molecule has 2 aromatic carbocycles. The van der Waals surface area contributed by atoms with Crippen molar-refractivity contribution >= 4 is 23.8 Å². The van der Waals surface area contributed by atoms with Crippen molar-refractivity contribution in [1.29, 1.82) is 0 Å². The van der Waals surface area contributed by atoms with Gasteiger partial charge in [-0.1, -0.05) is 63.2 Å². The fraction of sp³-hybridized carbons (Fsp3) is 0.515. The van der Waals surface area contributed by atoms with Crippen LogP contribution >= 0.6 is 0 Å². The average Bonchev–Trinajstić information content (AvgIpc) is 3.02. The minimum atomic E-state index is -1.16. The number of alkyl carbamates (subject to hydrolysis) is 1. The van der Waals surface area contributed by atoms with Crippen LogP contribution in [0.5, 0.6) is 0 Å². The van der Waals surface area contributed by atoms with Crippen molar-refractivity contribution < 1.29 is 42.5 Å². The van der Waals surface area contributed by atoms with E-state index in [1.807, 2.05) is 30.3 Å². The molecule has 0 aliphatic carbocycles. The summed E-state index contributed by atoms with van der Waals surface area (Å²) in [4.78, 5) is 53.5. The quantitative estimate of drug-likeness (QED) is 0.223. The predicted molar refractivity (Wildman–Crippen MR) is 169 cm³/mol. The molecule has 0 unspecified atom stereocenters. The minimum absolute atomic E-state index is 0.154. The number of hydrogen-bond acceptors (Lipinski definition) is 8. The molecule has 4 amide bonds. The molecule has 0 aliphatic heterocycles. The first-order valence-electron chi connectivity index (χ1n) is 14.9. The van der Waals surface area contributed by atoms with Gasteiger partial charge in [-0.3, -0.25) is 14.4 Å². The summed E-state index contributed by atoms with van der Waals surface area (Å²) in [5, 5.41) is 7.68. The van der Waals surface area contributed by atoms with Gasteiger partial charge in [-0.2, -0.15) is 0 Å². The molecule has 0 saturated carbocycles. The summed E-state index contributed by atoms with van der Waals surface area (Å²) in [6, 6.07) is 12.6. The molecule has 46 heavy (non-hydrogen) atoms. The third kappa shape index (κ3) is 12.4. The van der Waals surface area contributed by atoms with Gasteiger partial charge in [-0.25, -0.2) is 9.18 Å². The maximum atomic E-state index is 14.1. The highest BCUT2D eigenvalue weighted by Crippen LogP contribution is 2.19. The average molecular weight is 647 g/mol. The van der Waals surface area contributed by atoms with Crippen LogP contribution in [0.2, 0.25) is 0 Å². The topological polar surface area (TPSA) is 145 Å². The van der Waals surface area contributed by atoms with Gasteiger partial charge in [0.15, 0.2) is 6.29 Å². The lowest BCUT2D eigenvalue weighted by Gasteiger charge is -2.36. The summed E-state index contributed by atoms with van der Waals surface area (Å²) >= 11 is 0. The largest absolute Gasteiger partial charge is 0.453 e. The maximum absolute atomic E-state index is 14.1. The normalized spacial score (nSPS) is 13.3. The Morgan fingerprint density at radius 1 is 0.913 bits per heavy atom. The van der Waals surface area contributed by atoms with E-state index >= 15 is 0 Å². The Hall–Kier alpha value is -4.07. The third-order valence-corrected chi connectivity index (χ3v) is 7.19. The maximum Gasteiger partial charge on any atom is 0.407 e. The van der Waals surface area contributed by atoms with Crippen molar-refractivity contribution in [3.05, 3.63) is 71.5 Å². The number of halogens is 1. The first-order valence-corrected chi connectivity index (χ1v) is 14.9. The highest BCUT2D eigenvalue weighted by molar-refractivity contribution is 5.92. The number of methoxy groups -OCH3 is 3. The molecule has 2 aromatic rings. The van der Waals surface area contributed by atoms with Crippen LogP contribution in [0.4, 0.5) is 9.18 Å². The van der Waals surface area contributed by atoms with Gasteiger partial charge in [-0.15, -0.1) is 0 Å². The number of benzene rings is 2. The predicted octanol–water partition coefficient (Wildman–Crippen LogP) is 2.79. The summed E-state index contributed by atoms with van der Waals surface area (Å²) < 4.78 is 35.2. The summed E-state index contributed by atoms with van der Waals surface area (Å²) in [6.45, 7) is 6.66. The van der Waals surface area contributed by atoms with Crippen LogP contribution in [0.15, 0.2) is 54.6 Å². The molecule has 0 fully saturated rings. The number of nitrogens with one attached hydrogen (secondary N) is 3. The number of carbonyl (C=O) groups is 4. The minimum Gasteiger partial charge on any atom is -0.453 e. The highest BCUT2D eigenvalue weighted by atomic mass is 19.1. The van der Waals surface area contributed by atoms with Crippen molar-refractivity contribution in [2.45, 2.75) is 65.1 Å². The second-order valence-corrected chi connectivity index (χ2v) is 11.8. The number of carbonyl (C=O) groups excluding carboxylic acids is 4. The molecule has 3 atom stereocenters. The van der Waals surface area contributed by atoms with E-state index in [0.29, 0.717) is 12.0 Å². The Morgan fingerprint density at radius 2 is 1.57 bits per heavy atom. The van der Waals surface area contributed by atoms with Gasteiger partial charge in [0.25, 0.3) is 0 Å². The molecule has 12 nitrogen and oxygen atoms in total. The molecule has 2 rings (SSSR count). The van der Waals surface area contributed by atoms with E-state index in [1.54, 1.807) is 39.8 Å². The summed E-state index contributed by atoms with van der Waals surface area (Å²) in [5.74, 6) is -2.15. The molecular weight excluding hydrogens is 599 g/mol. The Labute approximate surface area is 270 Å². The van der Waals surface area contributed by atoms with Crippen molar-refractivity contribution in [3.63, 3.8) is 0 Å². The van der Waals surface area contributed by atoms with Crippen LogP contribution < -0.4 is 16.0 Å². The molecule has 0 spiro atoms. The lowest BCUT2D eigenvalue weighted by atomic mass is 9.86. The van der Waals surface area contributed by atoms with Gasteiger partial charge in [-0.05, 0) is 42.0 Å². The van der Waals surface area contributed by atoms with Crippen LogP contribution in [0.25, 0.3) is 0 Å². The van der Waals surface area contributed by atoms with E-state index in [9.17, 15) is 23.6 Å². The third-order valence-electron chi connectivity index (χ3n) is 7.19. The second-order valence-electron chi connectivity index (χ2n) is 11.8. The van der Waals surface area contributed by atoms with Gasteiger partial charge in [0.05, 0.1) is 32.9 Å². The molecular formula is C33H47FN4O8. The molecule has 0 saturated heterocycles. The van der Waals surface area contributed by atoms with E-state index in [2.05, 4.69) is 20.7 Å². The Bertz CT molecular complexity index is 1270. The molecule has 0 bridgehead atoms. The van der Waals surface area contributed by atoms with E-state index in [1.165, 1.54) is 38.4 Å². The Balaban J connectivity index is 2.26.